The number of carboxylic acid groups (broad SMARTS) is 1. The number of carbonyl (C=O) groups is 1. The first-order valence-corrected chi connectivity index (χ1v) is 11.3. The average Bonchev–Trinajstić information content (AvgIpc) is 2.73. The van der Waals surface area contributed by atoms with Gasteiger partial charge in [0, 0.05) is 18.7 Å². The van der Waals surface area contributed by atoms with Crippen molar-refractivity contribution in [3.05, 3.63) is 63.5 Å². The number of benzene rings is 1. The number of aryl methyl sites for hydroxylation is 2. The van der Waals surface area contributed by atoms with Crippen molar-refractivity contribution < 1.29 is 19.9 Å². The van der Waals surface area contributed by atoms with Gasteiger partial charge in [-0.25, -0.2) is 4.79 Å². The van der Waals surface area contributed by atoms with Crippen LogP contribution in [0.2, 0.25) is 0 Å². The third kappa shape index (κ3) is 3.72. The van der Waals surface area contributed by atoms with Gasteiger partial charge >= 0.3 is 11.7 Å². The lowest BCUT2D eigenvalue weighted by Gasteiger charge is -2.58. The molecule has 168 valence electrons. The van der Waals surface area contributed by atoms with Gasteiger partial charge in [0.25, 0.3) is 0 Å². The fourth-order valence-electron chi connectivity index (χ4n) is 6.52. The first kappa shape index (κ1) is 20.9. The summed E-state index contributed by atoms with van der Waals surface area (Å²) < 4.78 is 0. The summed E-state index contributed by atoms with van der Waals surface area (Å²) in [5, 5.41) is 36.0. The molecule has 0 aliphatic heterocycles. The molecular formula is C24H27N3O5. The number of carboxylic acids is 1. The predicted molar refractivity (Wildman–Crippen MR) is 118 cm³/mol. The zero-order valence-electron chi connectivity index (χ0n) is 17.7. The quantitative estimate of drug-likeness (QED) is 0.444. The van der Waals surface area contributed by atoms with Crippen LogP contribution in [0.1, 0.15) is 53.7 Å². The van der Waals surface area contributed by atoms with E-state index in [2.05, 4.69) is 10.3 Å². The molecule has 6 rings (SSSR count). The molecule has 32 heavy (non-hydrogen) atoms. The molecule has 4 saturated carbocycles. The van der Waals surface area contributed by atoms with Gasteiger partial charge in [-0.3, -0.25) is 15.1 Å². The second-order valence-electron chi connectivity index (χ2n) is 9.75. The van der Waals surface area contributed by atoms with Crippen molar-refractivity contribution in [1.29, 1.82) is 0 Å². The fraction of sp³-hybridized carbons (Fsp3) is 0.500. The maximum Gasteiger partial charge on any atom is 0.339 e. The summed E-state index contributed by atoms with van der Waals surface area (Å²) in [6.45, 7) is 0. The molecule has 3 N–H and O–H groups in total. The fourth-order valence-corrected chi connectivity index (χ4v) is 6.52. The van der Waals surface area contributed by atoms with Gasteiger partial charge in [-0.1, -0.05) is 30.3 Å². The van der Waals surface area contributed by atoms with E-state index in [0.29, 0.717) is 31.6 Å². The number of aromatic carboxylic acids is 1. The van der Waals surface area contributed by atoms with Gasteiger partial charge < -0.3 is 15.5 Å². The Morgan fingerprint density at radius 1 is 1.16 bits per heavy atom. The molecule has 2 aromatic rings. The number of rotatable bonds is 7. The second-order valence-corrected chi connectivity index (χ2v) is 9.75. The number of nitrogens with zero attached hydrogens (tertiary/aromatic N) is 2. The van der Waals surface area contributed by atoms with Crippen LogP contribution < -0.4 is 5.32 Å². The van der Waals surface area contributed by atoms with Crippen molar-refractivity contribution in [2.24, 2.45) is 17.8 Å². The molecule has 4 bridgehead atoms. The molecule has 4 aliphatic rings. The Morgan fingerprint density at radius 2 is 1.84 bits per heavy atom. The van der Waals surface area contributed by atoms with Crippen LogP contribution in [0.3, 0.4) is 0 Å². The molecule has 0 radical (unpaired) electrons. The van der Waals surface area contributed by atoms with Crippen molar-refractivity contribution in [2.45, 2.75) is 56.6 Å². The number of anilines is 1. The molecule has 4 fully saturated rings. The summed E-state index contributed by atoms with van der Waals surface area (Å²) in [6, 6.07) is 9.57. The number of nitrogens with one attached hydrogen (secondary N) is 1. The molecule has 0 saturated heterocycles. The molecule has 1 aromatic carbocycles. The summed E-state index contributed by atoms with van der Waals surface area (Å²) in [5.41, 5.74) is 0.338. The largest absolute Gasteiger partial charge is 0.478 e. The lowest BCUT2D eigenvalue weighted by Crippen LogP contribution is -2.59. The summed E-state index contributed by atoms with van der Waals surface area (Å²) in [6.07, 6.45) is 6.27. The molecule has 1 heterocycles. The molecule has 0 amide bonds. The van der Waals surface area contributed by atoms with Gasteiger partial charge in [0.1, 0.15) is 16.9 Å². The maximum atomic E-state index is 12.1. The van der Waals surface area contributed by atoms with Gasteiger partial charge in [0.05, 0.1) is 10.5 Å². The number of aromatic nitrogens is 1. The minimum absolute atomic E-state index is 0.0602. The molecule has 4 aliphatic carbocycles. The third-order valence-electron chi connectivity index (χ3n) is 7.59. The van der Waals surface area contributed by atoms with Crippen molar-refractivity contribution in [3.8, 4) is 0 Å². The van der Waals surface area contributed by atoms with E-state index < -0.39 is 16.5 Å². The number of hydrogen-bond acceptors (Lipinski definition) is 6. The average molecular weight is 437 g/mol. The molecule has 1 aromatic heterocycles. The highest BCUT2D eigenvalue weighted by Crippen LogP contribution is 2.56. The van der Waals surface area contributed by atoms with Crippen LogP contribution in [0.4, 0.5) is 11.4 Å². The smallest absolute Gasteiger partial charge is 0.339 e. The highest BCUT2D eigenvalue weighted by molar-refractivity contribution is 5.96. The Morgan fingerprint density at radius 3 is 2.44 bits per heavy atom. The second kappa shape index (κ2) is 7.85. The van der Waals surface area contributed by atoms with Crippen LogP contribution in [0.15, 0.2) is 36.5 Å². The summed E-state index contributed by atoms with van der Waals surface area (Å²) in [4.78, 5) is 27.7. The minimum atomic E-state index is -1.24. The van der Waals surface area contributed by atoms with E-state index in [-0.39, 0.29) is 40.5 Å². The van der Waals surface area contributed by atoms with Crippen molar-refractivity contribution in [3.63, 3.8) is 0 Å². The van der Waals surface area contributed by atoms with E-state index in [0.717, 1.165) is 24.8 Å². The van der Waals surface area contributed by atoms with Gasteiger partial charge in [-0.15, -0.1) is 0 Å². The van der Waals surface area contributed by atoms with Crippen molar-refractivity contribution in [2.75, 3.05) is 5.32 Å². The van der Waals surface area contributed by atoms with Crippen LogP contribution in [0.5, 0.6) is 0 Å². The standard InChI is InChI=1S/C24H27N3O5/c28-23(29)18-13-25-19(7-6-14-4-2-1-3-5-14)22(27(31)32)21(18)26-20-16-8-15-9-17(20)12-24(30,10-15)11-16/h1-5,13,15-17,20,30H,6-12H2,(H,25,26)(H,28,29). The first-order valence-electron chi connectivity index (χ1n) is 11.3. The number of nitro groups is 1. The van der Waals surface area contributed by atoms with Crippen LogP contribution in [0.25, 0.3) is 0 Å². The Kier molecular flexibility index (Phi) is 5.12. The van der Waals surface area contributed by atoms with E-state index >= 15 is 0 Å². The summed E-state index contributed by atoms with van der Waals surface area (Å²) in [7, 11) is 0. The molecule has 2 unspecified atom stereocenters. The van der Waals surface area contributed by atoms with E-state index in [9.17, 15) is 25.1 Å². The van der Waals surface area contributed by atoms with E-state index in [1.807, 2.05) is 30.3 Å². The zero-order chi connectivity index (χ0) is 22.5. The third-order valence-corrected chi connectivity index (χ3v) is 7.59. The number of hydrogen-bond donors (Lipinski definition) is 3. The van der Waals surface area contributed by atoms with E-state index in [1.54, 1.807) is 0 Å². The summed E-state index contributed by atoms with van der Waals surface area (Å²) in [5.74, 6) is -0.370. The zero-order valence-corrected chi connectivity index (χ0v) is 17.7. The van der Waals surface area contributed by atoms with Crippen LogP contribution >= 0.6 is 0 Å². The highest BCUT2D eigenvalue weighted by Gasteiger charge is 2.55. The lowest BCUT2D eigenvalue weighted by molar-refractivity contribution is -0.385. The van der Waals surface area contributed by atoms with Gasteiger partial charge in [-0.05, 0) is 61.8 Å². The van der Waals surface area contributed by atoms with Crippen LogP contribution in [0, 0.1) is 27.9 Å². The van der Waals surface area contributed by atoms with E-state index in [1.165, 1.54) is 6.20 Å². The van der Waals surface area contributed by atoms with E-state index in [4.69, 9.17) is 0 Å². The Hall–Kier alpha value is -3.00. The maximum absolute atomic E-state index is 12.1. The Labute approximate surface area is 185 Å². The normalized spacial score (nSPS) is 30.3. The molecule has 0 spiro atoms. The van der Waals surface area contributed by atoms with Crippen LogP contribution in [-0.2, 0) is 12.8 Å². The SMILES string of the molecule is O=C(O)c1cnc(CCc2ccccc2)c([N+](=O)[O-])c1NC1C2CC3CC1CC(O)(C3)C2. The predicted octanol–water partition coefficient (Wildman–Crippen LogP) is 3.82. The molecular weight excluding hydrogens is 410 g/mol. The highest BCUT2D eigenvalue weighted by atomic mass is 16.6. The minimum Gasteiger partial charge on any atom is -0.478 e. The van der Waals surface area contributed by atoms with Crippen molar-refractivity contribution in [1.82, 2.24) is 4.98 Å². The van der Waals surface area contributed by atoms with Gasteiger partial charge in [0.15, 0.2) is 0 Å². The lowest BCUT2D eigenvalue weighted by atomic mass is 9.52. The van der Waals surface area contributed by atoms with Crippen LogP contribution in [-0.4, -0.2) is 37.7 Å². The van der Waals surface area contributed by atoms with Crippen molar-refractivity contribution >= 4 is 17.3 Å². The molecule has 2 atom stereocenters. The van der Waals surface area contributed by atoms with Gasteiger partial charge in [0.2, 0.25) is 0 Å². The summed E-state index contributed by atoms with van der Waals surface area (Å²) >= 11 is 0. The Balaban J connectivity index is 1.48. The van der Waals surface area contributed by atoms with Gasteiger partial charge in [-0.2, -0.15) is 0 Å². The first-order chi connectivity index (χ1) is 15.3. The molecule has 8 nitrogen and oxygen atoms in total. The molecule has 8 heteroatoms. The number of aliphatic hydroxyl groups is 1. The topological polar surface area (TPSA) is 126 Å². The number of pyridine rings is 1. The monoisotopic (exact) mass is 437 g/mol. The Bertz CT molecular complexity index is 1040.